The molecule has 0 spiro atoms. The molecular formula is C23H23N5O6S2. The Balaban J connectivity index is 1.68. The molecule has 188 valence electrons. The summed E-state index contributed by atoms with van der Waals surface area (Å²) in [5.41, 5.74) is 2.57. The van der Waals surface area contributed by atoms with E-state index in [1.165, 1.54) is 12.1 Å². The van der Waals surface area contributed by atoms with Gasteiger partial charge in [-0.3, -0.25) is 4.79 Å². The van der Waals surface area contributed by atoms with Crippen molar-refractivity contribution in [3.8, 4) is 0 Å². The van der Waals surface area contributed by atoms with Crippen molar-refractivity contribution in [2.75, 3.05) is 18.5 Å². The predicted molar refractivity (Wildman–Crippen MR) is 136 cm³/mol. The average molecular weight is 530 g/mol. The van der Waals surface area contributed by atoms with Gasteiger partial charge in [0.15, 0.2) is 11.1 Å². The number of aliphatic carboxylic acids is 1. The third-order valence-electron chi connectivity index (χ3n) is 4.83. The van der Waals surface area contributed by atoms with Gasteiger partial charge >= 0.3 is 5.97 Å². The maximum atomic E-state index is 11.9. The molecule has 0 radical (unpaired) electrons. The summed E-state index contributed by atoms with van der Waals surface area (Å²) in [6.45, 7) is 0.603. The fraction of sp³-hybridized carbons (Fsp3) is 0.174. The lowest BCUT2D eigenvalue weighted by atomic mass is 10.2. The van der Waals surface area contributed by atoms with Gasteiger partial charge in [-0.15, -0.1) is 5.11 Å². The zero-order chi connectivity index (χ0) is 25.9. The molecule has 0 fully saturated rings. The molecule has 0 aliphatic rings. The van der Waals surface area contributed by atoms with Gasteiger partial charge in [-0.1, -0.05) is 0 Å². The van der Waals surface area contributed by atoms with Crippen LogP contribution in [0.15, 0.2) is 97.0 Å². The number of nitrogens with zero attached hydrogens (tertiary/aromatic N) is 5. The summed E-state index contributed by atoms with van der Waals surface area (Å²) in [7, 11) is 1.88. The Kier molecular flexibility index (Phi) is 10.2. The number of azo groups is 2. The first-order valence-corrected chi connectivity index (χ1v) is 12.4. The normalized spacial score (nSPS) is 12.3. The maximum Gasteiger partial charge on any atom is 0.303 e. The van der Waals surface area contributed by atoms with E-state index in [1.54, 1.807) is 42.5 Å². The van der Waals surface area contributed by atoms with Gasteiger partial charge in [0.25, 0.3) is 0 Å². The van der Waals surface area contributed by atoms with E-state index < -0.39 is 17.0 Å². The highest BCUT2D eigenvalue weighted by atomic mass is 32.2. The first kappa shape index (κ1) is 27.1. The molecule has 0 heterocycles. The molecule has 1 unspecified atom stereocenters. The first-order valence-electron chi connectivity index (χ1n) is 10.6. The maximum absolute atomic E-state index is 11.9. The lowest BCUT2D eigenvalue weighted by molar-refractivity contribution is -0.137. The summed E-state index contributed by atoms with van der Waals surface area (Å²) in [5.74, 6) is -0.821. The van der Waals surface area contributed by atoms with E-state index in [1.807, 2.05) is 24.1 Å². The van der Waals surface area contributed by atoms with Crippen molar-refractivity contribution in [3.63, 3.8) is 0 Å². The molecule has 3 aromatic carbocycles. The van der Waals surface area contributed by atoms with Crippen LogP contribution in [0.2, 0.25) is 0 Å². The lowest BCUT2D eigenvalue weighted by Gasteiger charge is -2.18. The van der Waals surface area contributed by atoms with Crippen LogP contribution in [0.4, 0.5) is 28.4 Å². The second-order valence-corrected chi connectivity index (χ2v) is 9.11. The lowest BCUT2D eigenvalue weighted by Crippen LogP contribution is -2.19. The summed E-state index contributed by atoms with van der Waals surface area (Å²) in [4.78, 5) is 13.3. The molecule has 0 aromatic heterocycles. The van der Waals surface area contributed by atoms with Crippen molar-refractivity contribution < 1.29 is 28.3 Å². The van der Waals surface area contributed by atoms with E-state index in [2.05, 4.69) is 24.8 Å². The van der Waals surface area contributed by atoms with Gasteiger partial charge in [-0.2, -0.15) is 19.7 Å². The zero-order valence-electron chi connectivity index (χ0n) is 19.1. The Morgan fingerprint density at radius 2 is 1.53 bits per heavy atom. The van der Waals surface area contributed by atoms with E-state index >= 15 is 0 Å². The Bertz CT molecular complexity index is 1250. The molecule has 0 aliphatic heterocycles. The molecule has 0 bridgehead atoms. The number of hydrogen-bond acceptors (Lipinski definition) is 10. The largest absolute Gasteiger partial charge is 0.481 e. The molecule has 1 atom stereocenters. The van der Waals surface area contributed by atoms with Crippen LogP contribution < -0.4 is 4.90 Å². The Morgan fingerprint density at radius 3 is 2.14 bits per heavy atom. The number of rotatable bonds is 12. The van der Waals surface area contributed by atoms with Crippen LogP contribution in [0.25, 0.3) is 0 Å². The van der Waals surface area contributed by atoms with Crippen LogP contribution in [-0.2, 0) is 20.2 Å². The molecule has 3 N–H and O–H groups in total. The molecule has 3 aromatic rings. The highest BCUT2D eigenvalue weighted by Gasteiger charge is 2.10. The molecule has 0 saturated carbocycles. The van der Waals surface area contributed by atoms with Gasteiger partial charge in [0.05, 0.1) is 34.0 Å². The number of carboxylic acid groups (broad SMARTS) is 1. The van der Waals surface area contributed by atoms with Crippen LogP contribution >= 0.6 is 12.0 Å². The van der Waals surface area contributed by atoms with Crippen molar-refractivity contribution in [2.24, 2.45) is 20.5 Å². The minimum Gasteiger partial charge on any atom is -0.481 e. The average Bonchev–Trinajstić information content (AvgIpc) is 2.87. The summed E-state index contributed by atoms with van der Waals surface area (Å²) in [6.07, 6.45) is 0.647. The molecule has 3 rings (SSSR count). The highest BCUT2D eigenvalue weighted by Crippen LogP contribution is 2.31. The standard InChI is InChI=1S/C23H23N5O6S2/c1-28(14-2-3-23(29)30)19-9-4-16(5-10-19)25-27-21-13-8-18(15-22(21)36(32)33)26-24-17-6-11-20(12-7-17)35-34-31/h4-13,15,31H,2-3,14H2,1H3,(H,29,30)(H,32,33). The van der Waals surface area contributed by atoms with Crippen molar-refractivity contribution >= 4 is 57.5 Å². The molecule has 0 amide bonds. The van der Waals surface area contributed by atoms with Crippen molar-refractivity contribution in [1.82, 2.24) is 0 Å². The van der Waals surface area contributed by atoms with E-state index in [9.17, 15) is 13.6 Å². The number of hydrogen-bond donors (Lipinski definition) is 3. The van der Waals surface area contributed by atoms with Gasteiger partial charge in [0.2, 0.25) is 0 Å². The monoisotopic (exact) mass is 529 g/mol. The van der Waals surface area contributed by atoms with Crippen LogP contribution in [0, 0.1) is 0 Å². The summed E-state index contributed by atoms with van der Waals surface area (Å²) in [6, 6.07) is 18.5. The van der Waals surface area contributed by atoms with Crippen molar-refractivity contribution in [3.05, 3.63) is 66.7 Å². The number of carbonyl (C=O) groups is 1. The summed E-state index contributed by atoms with van der Waals surface area (Å²) < 4.78 is 25.6. The van der Waals surface area contributed by atoms with Gasteiger partial charge in [0.1, 0.15) is 5.69 Å². The second kappa shape index (κ2) is 13.6. The van der Waals surface area contributed by atoms with E-state index in [4.69, 9.17) is 10.4 Å². The summed E-state index contributed by atoms with van der Waals surface area (Å²) >= 11 is -1.53. The molecule has 0 saturated heterocycles. The second-order valence-electron chi connectivity index (χ2n) is 7.39. The molecule has 13 heteroatoms. The fourth-order valence-corrected chi connectivity index (χ4v) is 3.84. The smallest absolute Gasteiger partial charge is 0.303 e. The van der Waals surface area contributed by atoms with E-state index in [0.717, 1.165) is 17.7 Å². The SMILES string of the molecule is CN(CCCC(=O)O)c1ccc(N=Nc2ccc(N=Nc3ccc(SOO)cc3)cc2S(=O)O)cc1. The molecular weight excluding hydrogens is 506 g/mol. The fourth-order valence-electron chi connectivity index (χ4n) is 3.00. The molecule has 0 aliphatic carbocycles. The van der Waals surface area contributed by atoms with Gasteiger partial charge in [-0.25, -0.2) is 9.47 Å². The number of anilines is 1. The molecule has 36 heavy (non-hydrogen) atoms. The van der Waals surface area contributed by atoms with Crippen LogP contribution in [0.3, 0.4) is 0 Å². The highest BCUT2D eigenvalue weighted by molar-refractivity contribution is 7.94. The minimum atomic E-state index is -2.32. The number of carboxylic acids is 1. The topological polar surface area (TPSA) is 157 Å². The van der Waals surface area contributed by atoms with Crippen LogP contribution in [0.1, 0.15) is 12.8 Å². The predicted octanol–water partition coefficient (Wildman–Crippen LogP) is 6.90. The van der Waals surface area contributed by atoms with E-state index in [0.29, 0.717) is 34.9 Å². The first-order chi connectivity index (χ1) is 17.4. The van der Waals surface area contributed by atoms with Gasteiger partial charge in [0, 0.05) is 30.6 Å². The van der Waals surface area contributed by atoms with Crippen LogP contribution in [0.5, 0.6) is 0 Å². The Labute approximate surface area is 214 Å². The van der Waals surface area contributed by atoms with Gasteiger partial charge < -0.3 is 14.6 Å². The summed E-state index contributed by atoms with van der Waals surface area (Å²) in [5, 5.41) is 33.7. The quantitative estimate of drug-likeness (QED) is 0.0752. The Hall–Kier alpha value is -3.49. The number of benzene rings is 3. The Morgan fingerprint density at radius 1 is 0.944 bits per heavy atom. The molecule has 11 nitrogen and oxygen atoms in total. The van der Waals surface area contributed by atoms with E-state index in [-0.39, 0.29) is 17.0 Å². The third kappa shape index (κ3) is 8.32. The van der Waals surface area contributed by atoms with Crippen molar-refractivity contribution in [2.45, 2.75) is 22.6 Å². The minimum absolute atomic E-state index is 0.0387. The zero-order valence-corrected chi connectivity index (χ0v) is 20.7. The third-order valence-corrected chi connectivity index (χ3v) is 6.07. The van der Waals surface area contributed by atoms with Crippen molar-refractivity contribution in [1.29, 1.82) is 0 Å². The van der Waals surface area contributed by atoms with Crippen LogP contribution in [-0.4, -0.2) is 38.7 Å². The van der Waals surface area contributed by atoms with Gasteiger partial charge in [-0.05, 0) is 73.2 Å².